The Kier molecular flexibility index (Phi) is 5.67. The Balaban J connectivity index is 1.52. The van der Waals surface area contributed by atoms with E-state index >= 15 is 0 Å². The van der Waals surface area contributed by atoms with Crippen molar-refractivity contribution in [3.05, 3.63) is 65.6 Å². The number of hydrogen-bond acceptors (Lipinski definition) is 5. The minimum Gasteiger partial charge on any atom is -0.486 e. The second-order valence-electron chi connectivity index (χ2n) is 7.26. The third-order valence-corrected chi connectivity index (χ3v) is 5.03. The molecule has 8 heteroatoms. The summed E-state index contributed by atoms with van der Waals surface area (Å²) >= 11 is 0. The molecule has 30 heavy (non-hydrogen) atoms. The van der Waals surface area contributed by atoms with E-state index in [2.05, 4.69) is 15.5 Å². The van der Waals surface area contributed by atoms with Gasteiger partial charge >= 0.3 is 0 Å². The van der Waals surface area contributed by atoms with Gasteiger partial charge in [0.2, 0.25) is 0 Å². The fourth-order valence-corrected chi connectivity index (χ4v) is 3.47. The first-order valence-corrected chi connectivity index (χ1v) is 9.66. The van der Waals surface area contributed by atoms with E-state index < -0.39 is 0 Å². The summed E-state index contributed by atoms with van der Waals surface area (Å²) in [5.41, 5.74) is 2.58. The van der Waals surface area contributed by atoms with Crippen LogP contribution < -0.4 is 14.8 Å². The van der Waals surface area contributed by atoms with Gasteiger partial charge < -0.3 is 19.7 Å². The third kappa shape index (κ3) is 4.13. The van der Waals surface area contributed by atoms with E-state index in [1.807, 2.05) is 43.3 Å². The summed E-state index contributed by atoms with van der Waals surface area (Å²) in [5.74, 6) is 0.746. The number of carbonyl (C=O) groups excluding carboxylic acids is 1. The fourth-order valence-electron chi connectivity index (χ4n) is 3.47. The zero-order chi connectivity index (χ0) is 21.1. The van der Waals surface area contributed by atoms with Crippen molar-refractivity contribution in [2.75, 3.05) is 33.9 Å². The molecule has 0 spiro atoms. The van der Waals surface area contributed by atoms with E-state index in [4.69, 9.17) is 9.47 Å². The highest BCUT2D eigenvalue weighted by atomic mass is 19.1. The molecule has 2 aromatic carbocycles. The van der Waals surface area contributed by atoms with Crippen molar-refractivity contribution in [3.8, 4) is 22.8 Å². The van der Waals surface area contributed by atoms with Gasteiger partial charge in [-0.25, -0.2) is 4.39 Å². The lowest BCUT2D eigenvalue weighted by molar-refractivity contribution is 0.0942. The Morgan fingerprint density at radius 2 is 2.00 bits per heavy atom. The molecule has 0 fully saturated rings. The van der Waals surface area contributed by atoms with E-state index in [9.17, 15) is 9.18 Å². The van der Waals surface area contributed by atoms with Crippen molar-refractivity contribution in [3.63, 3.8) is 0 Å². The highest BCUT2D eigenvalue weighted by Gasteiger charge is 2.21. The SMILES string of the molecule is CN(C)[C@H](CNC(=O)c1cn[nH]c1-c1ccc2c(c1)OCCO2)c1cccc(F)c1. The lowest BCUT2D eigenvalue weighted by atomic mass is 10.0. The van der Waals surface area contributed by atoms with Gasteiger partial charge in [-0.05, 0) is 50.0 Å². The lowest BCUT2D eigenvalue weighted by Crippen LogP contribution is -2.34. The average Bonchev–Trinajstić information content (AvgIpc) is 3.23. The molecule has 156 valence electrons. The number of benzene rings is 2. The minimum absolute atomic E-state index is 0.172. The highest BCUT2D eigenvalue weighted by Crippen LogP contribution is 2.34. The lowest BCUT2D eigenvalue weighted by Gasteiger charge is -2.25. The third-order valence-electron chi connectivity index (χ3n) is 5.03. The molecular formula is C22H23FN4O3. The monoisotopic (exact) mass is 410 g/mol. The van der Waals surface area contributed by atoms with Crippen LogP contribution in [0.25, 0.3) is 11.3 Å². The van der Waals surface area contributed by atoms with Crippen LogP contribution in [0.4, 0.5) is 4.39 Å². The number of aromatic nitrogens is 2. The Morgan fingerprint density at radius 1 is 1.20 bits per heavy atom. The molecule has 3 aromatic rings. The van der Waals surface area contributed by atoms with Crippen LogP contribution in [0, 0.1) is 5.82 Å². The fraction of sp³-hybridized carbons (Fsp3) is 0.273. The van der Waals surface area contributed by atoms with Crippen LogP contribution in [-0.4, -0.2) is 54.9 Å². The van der Waals surface area contributed by atoms with Crippen LogP contribution in [0.2, 0.25) is 0 Å². The van der Waals surface area contributed by atoms with Crippen molar-refractivity contribution in [1.82, 2.24) is 20.4 Å². The van der Waals surface area contributed by atoms with Gasteiger partial charge in [-0.1, -0.05) is 12.1 Å². The Morgan fingerprint density at radius 3 is 2.77 bits per heavy atom. The van der Waals surface area contributed by atoms with Crippen LogP contribution in [0.1, 0.15) is 22.0 Å². The maximum absolute atomic E-state index is 13.6. The van der Waals surface area contributed by atoms with Crippen molar-refractivity contribution < 1.29 is 18.7 Å². The van der Waals surface area contributed by atoms with Crippen LogP contribution >= 0.6 is 0 Å². The number of hydrogen-bond donors (Lipinski definition) is 2. The predicted octanol–water partition coefficient (Wildman–Crippen LogP) is 3.02. The summed E-state index contributed by atoms with van der Waals surface area (Å²) in [6.45, 7) is 1.32. The smallest absolute Gasteiger partial charge is 0.255 e. The molecule has 0 radical (unpaired) electrons. The molecule has 0 saturated heterocycles. The van der Waals surface area contributed by atoms with Gasteiger partial charge in [-0.2, -0.15) is 5.10 Å². The van der Waals surface area contributed by atoms with Crippen LogP contribution in [0.5, 0.6) is 11.5 Å². The van der Waals surface area contributed by atoms with Gasteiger partial charge in [-0.15, -0.1) is 0 Å². The first-order chi connectivity index (χ1) is 14.5. The van der Waals surface area contributed by atoms with E-state index in [0.29, 0.717) is 42.5 Å². The molecule has 2 heterocycles. The van der Waals surface area contributed by atoms with Gasteiger partial charge in [0.1, 0.15) is 19.0 Å². The summed E-state index contributed by atoms with van der Waals surface area (Å²) in [6.07, 6.45) is 1.49. The van der Waals surface area contributed by atoms with Crippen molar-refractivity contribution in [1.29, 1.82) is 0 Å². The van der Waals surface area contributed by atoms with Gasteiger partial charge in [0.25, 0.3) is 5.91 Å². The summed E-state index contributed by atoms with van der Waals surface area (Å²) in [6, 6.07) is 11.7. The zero-order valence-corrected chi connectivity index (χ0v) is 16.8. The van der Waals surface area contributed by atoms with Crippen LogP contribution in [0.15, 0.2) is 48.7 Å². The summed E-state index contributed by atoms with van der Waals surface area (Å²) in [4.78, 5) is 14.8. The number of likely N-dealkylation sites (N-methyl/N-ethyl adjacent to an activating group) is 1. The maximum Gasteiger partial charge on any atom is 0.255 e. The summed E-state index contributed by atoms with van der Waals surface area (Å²) in [5, 5.41) is 9.88. The molecule has 0 bridgehead atoms. The Hall–Kier alpha value is -3.39. The zero-order valence-electron chi connectivity index (χ0n) is 16.8. The molecule has 0 saturated carbocycles. The average molecular weight is 410 g/mol. The van der Waals surface area contributed by atoms with Crippen molar-refractivity contribution in [2.24, 2.45) is 0 Å². The highest BCUT2D eigenvalue weighted by molar-refractivity contribution is 5.99. The number of aromatic amines is 1. The summed E-state index contributed by atoms with van der Waals surface area (Å²) < 4.78 is 24.8. The van der Waals surface area contributed by atoms with E-state index in [-0.39, 0.29) is 17.8 Å². The number of carbonyl (C=O) groups is 1. The normalized spacial score (nSPS) is 13.9. The first-order valence-electron chi connectivity index (χ1n) is 9.66. The topological polar surface area (TPSA) is 79.5 Å². The Labute approximate surface area is 173 Å². The number of rotatable bonds is 6. The number of H-pyrrole nitrogens is 1. The molecule has 4 rings (SSSR count). The molecular weight excluding hydrogens is 387 g/mol. The number of halogens is 1. The number of ether oxygens (including phenoxy) is 2. The molecule has 7 nitrogen and oxygen atoms in total. The molecule has 0 aliphatic carbocycles. The van der Waals surface area contributed by atoms with Crippen molar-refractivity contribution >= 4 is 5.91 Å². The minimum atomic E-state index is -0.304. The molecule has 1 amide bonds. The van der Waals surface area contributed by atoms with Crippen molar-refractivity contribution in [2.45, 2.75) is 6.04 Å². The standard InChI is InChI=1S/C22H23FN4O3/c1-27(2)18(14-4-3-5-16(23)10-14)13-24-22(28)17-12-25-26-21(17)15-6-7-19-20(11-15)30-9-8-29-19/h3-7,10-12,18H,8-9,13H2,1-2H3,(H,24,28)(H,25,26)/t18-/m1/s1. The second-order valence-corrected chi connectivity index (χ2v) is 7.26. The molecule has 1 aliphatic heterocycles. The number of nitrogens with zero attached hydrogens (tertiary/aromatic N) is 2. The van der Waals surface area contributed by atoms with Gasteiger partial charge in [0.05, 0.1) is 23.5 Å². The number of fused-ring (bicyclic) bond motifs is 1. The van der Waals surface area contributed by atoms with E-state index in [0.717, 1.165) is 11.1 Å². The molecule has 1 aliphatic rings. The quantitative estimate of drug-likeness (QED) is 0.653. The number of nitrogens with one attached hydrogen (secondary N) is 2. The largest absolute Gasteiger partial charge is 0.486 e. The Bertz CT molecular complexity index is 1050. The van der Waals surface area contributed by atoms with Crippen LogP contribution in [-0.2, 0) is 0 Å². The molecule has 1 aromatic heterocycles. The first kappa shape index (κ1) is 19.9. The van der Waals surface area contributed by atoms with Gasteiger partial charge in [0.15, 0.2) is 11.5 Å². The van der Waals surface area contributed by atoms with E-state index in [1.165, 1.54) is 18.3 Å². The molecule has 2 N–H and O–H groups in total. The van der Waals surface area contributed by atoms with Crippen LogP contribution in [0.3, 0.4) is 0 Å². The second kappa shape index (κ2) is 8.54. The van der Waals surface area contributed by atoms with Gasteiger partial charge in [-0.3, -0.25) is 9.89 Å². The number of amides is 1. The molecule has 0 unspecified atom stereocenters. The van der Waals surface area contributed by atoms with E-state index in [1.54, 1.807) is 6.07 Å². The van der Waals surface area contributed by atoms with Gasteiger partial charge in [0, 0.05) is 12.1 Å². The predicted molar refractivity (Wildman–Crippen MR) is 110 cm³/mol. The molecule has 1 atom stereocenters. The summed E-state index contributed by atoms with van der Waals surface area (Å²) in [7, 11) is 3.78. The maximum atomic E-state index is 13.6.